The predicted octanol–water partition coefficient (Wildman–Crippen LogP) is 2.56. The fourth-order valence-electron chi connectivity index (χ4n) is 2.58. The second kappa shape index (κ2) is 5.14. The maximum absolute atomic E-state index is 13.7. The number of anilines is 1. The molecule has 0 spiro atoms. The van der Waals surface area contributed by atoms with E-state index in [4.69, 9.17) is 11.0 Å². The van der Waals surface area contributed by atoms with Crippen molar-refractivity contribution in [2.75, 3.05) is 11.9 Å². The van der Waals surface area contributed by atoms with Gasteiger partial charge in [-0.05, 0) is 37.8 Å². The summed E-state index contributed by atoms with van der Waals surface area (Å²) >= 11 is 0. The average Bonchev–Trinajstić information content (AvgIpc) is 2.39. The van der Waals surface area contributed by atoms with Gasteiger partial charge in [-0.25, -0.2) is 8.78 Å². The maximum atomic E-state index is 13.7. The van der Waals surface area contributed by atoms with Gasteiger partial charge in [0.25, 0.3) is 0 Å². The molecule has 0 radical (unpaired) electrons. The fraction of sp³-hybridized carbons (Fsp3) is 0.500. The van der Waals surface area contributed by atoms with Crippen LogP contribution in [-0.4, -0.2) is 18.6 Å². The van der Waals surface area contributed by atoms with Gasteiger partial charge in [-0.2, -0.15) is 5.26 Å². The summed E-state index contributed by atoms with van der Waals surface area (Å²) in [6.07, 6.45) is 2.66. The largest absolute Gasteiger partial charge is 0.369 e. The van der Waals surface area contributed by atoms with Crippen LogP contribution in [0, 0.1) is 23.0 Å². The predicted molar refractivity (Wildman–Crippen MR) is 69.5 cm³/mol. The van der Waals surface area contributed by atoms with Crippen molar-refractivity contribution in [2.45, 2.75) is 37.3 Å². The van der Waals surface area contributed by atoms with Crippen LogP contribution in [0.4, 0.5) is 14.5 Å². The number of nitrogens with zero attached hydrogens (tertiary/aromatic N) is 2. The number of benzene rings is 1. The molecule has 19 heavy (non-hydrogen) atoms. The first kappa shape index (κ1) is 13.8. The van der Waals surface area contributed by atoms with Gasteiger partial charge in [-0.3, -0.25) is 0 Å². The topological polar surface area (TPSA) is 53.0 Å². The first-order chi connectivity index (χ1) is 8.95. The summed E-state index contributed by atoms with van der Waals surface area (Å²) in [6.45, 7) is 0. The Bertz CT molecular complexity index is 502. The molecular weight excluding hydrogens is 248 g/mol. The molecule has 2 rings (SSSR count). The molecule has 1 aromatic rings. The average molecular weight is 265 g/mol. The second-order valence-electron chi connectivity index (χ2n) is 5.21. The Kier molecular flexibility index (Phi) is 3.72. The SMILES string of the molecule is CN(c1ccc(F)cc1F)C1CCC(N)(C#N)CC1. The lowest BCUT2D eigenvalue weighted by molar-refractivity contribution is 0.326. The molecule has 0 bridgehead atoms. The van der Waals surface area contributed by atoms with Gasteiger partial charge in [0.05, 0.1) is 11.8 Å². The second-order valence-corrected chi connectivity index (χ2v) is 5.21. The zero-order valence-corrected chi connectivity index (χ0v) is 10.9. The van der Waals surface area contributed by atoms with E-state index in [0.29, 0.717) is 18.5 Å². The van der Waals surface area contributed by atoms with Gasteiger partial charge in [-0.15, -0.1) is 0 Å². The minimum absolute atomic E-state index is 0.130. The normalized spacial score (nSPS) is 26.8. The van der Waals surface area contributed by atoms with Crippen LogP contribution in [0.15, 0.2) is 18.2 Å². The molecule has 5 heteroatoms. The molecule has 1 saturated carbocycles. The van der Waals surface area contributed by atoms with Crippen LogP contribution in [-0.2, 0) is 0 Å². The highest BCUT2D eigenvalue weighted by Gasteiger charge is 2.33. The van der Waals surface area contributed by atoms with Crippen molar-refractivity contribution in [3.63, 3.8) is 0 Å². The van der Waals surface area contributed by atoms with Gasteiger partial charge >= 0.3 is 0 Å². The van der Waals surface area contributed by atoms with E-state index in [-0.39, 0.29) is 6.04 Å². The molecule has 1 aliphatic rings. The molecule has 1 aromatic carbocycles. The van der Waals surface area contributed by atoms with Crippen LogP contribution in [0.2, 0.25) is 0 Å². The Morgan fingerprint density at radius 2 is 2.00 bits per heavy atom. The third-order valence-corrected chi connectivity index (χ3v) is 3.91. The standard InChI is InChI=1S/C14H17F2N3/c1-19(13-3-2-10(15)8-12(13)16)11-4-6-14(18,9-17)7-5-11/h2-3,8,11H,4-7,18H2,1H3. The Balaban J connectivity index is 2.09. The summed E-state index contributed by atoms with van der Waals surface area (Å²) in [5.74, 6) is -1.14. The van der Waals surface area contributed by atoms with Gasteiger partial charge < -0.3 is 10.6 Å². The molecular formula is C14H17F2N3. The van der Waals surface area contributed by atoms with Gasteiger partial charge in [0.2, 0.25) is 0 Å². The summed E-state index contributed by atoms with van der Waals surface area (Å²) < 4.78 is 26.6. The lowest BCUT2D eigenvalue weighted by Crippen LogP contribution is -2.47. The Morgan fingerprint density at radius 1 is 1.37 bits per heavy atom. The van der Waals surface area contributed by atoms with E-state index in [2.05, 4.69) is 6.07 Å². The fourth-order valence-corrected chi connectivity index (χ4v) is 2.58. The first-order valence-corrected chi connectivity index (χ1v) is 6.33. The maximum Gasteiger partial charge on any atom is 0.149 e. The zero-order valence-electron chi connectivity index (χ0n) is 10.9. The molecule has 1 aliphatic carbocycles. The van der Waals surface area contributed by atoms with Crippen LogP contribution in [0.3, 0.4) is 0 Å². The summed E-state index contributed by atoms with van der Waals surface area (Å²) in [5, 5.41) is 8.98. The number of hydrogen-bond donors (Lipinski definition) is 1. The summed E-state index contributed by atoms with van der Waals surface area (Å²) in [5.41, 5.74) is 5.54. The van der Waals surface area contributed by atoms with Crippen molar-refractivity contribution in [2.24, 2.45) is 5.73 Å². The van der Waals surface area contributed by atoms with Gasteiger partial charge in [0, 0.05) is 19.2 Å². The smallest absolute Gasteiger partial charge is 0.149 e. The zero-order chi connectivity index (χ0) is 14.0. The molecule has 1 fully saturated rings. The molecule has 0 atom stereocenters. The van der Waals surface area contributed by atoms with E-state index in [1.165, 1.54) is 12.1 Å². The van der Waals surface area contributed by atoms with Gasteiger partial charge in [-0.1, -0.05) is 0 Å². The van der Waals surface area contributed by atoms with Crippen molar-refractivity contribution >= 4 is 5.69 Å². The highest BCUT2D eigenvalue weighted by Crippen LogP contribution is 2.31. The molecule has 0 saturated heterocycles. The van der Waals surface area contributed by atoms with Crippen molar-refractivity contribution < 1.29 is 8.78 Å². The van der Waals surface area contributed by atoms with Crippen LogP contribution in [0.25, 0.3) is 0 Å². The number of nitriles is 1. The van der Waals surface area contributed by atoms with Crippen molar-refractivity contribution in [3.05, 3.63) is 29.8 Å². The summed E-state index contributed by atoms with van der Waals surface area (Å²) in [6, 6.07) is 5.84. The van der Waals surface area contributed by atoms with Crippen LogP contribution < -0.4 is 10.6 Å². The van der Waals surface area contributed by atoms with E-state index >= 15 is 0 Å². The molecule has 0 aliphatic heterocycles. The third kappa shape index (κ3) is 2.85. The number of hydrogen-bond acceptors (Lipinski definition) is 3. The lowest BCUT2D eigenvalue weighted by Gasteiger charge is -2.38. The monoisotopic (exact) mass is 265 g/mol. The third-order valence-electron chi connectivity index (χ3n) is 3.91. The minimum Gasteiger partial charge on any atom is -0.369 e. The molecule has 2 N–H and O–H groups in total. The molecule has 3 nitrogen and oxygen atoms in total. The summed E-state index contributed by atoms with van der Waals surface area (Å²) in [7, 11) is 1.79. The quantitative estimate of drug-likeness (QED) is 0.894. The van der Waals surface area contributed by atoms with Crippen LogP contribution in [0.5, 0.6) is 0 Å². The van der Waals surface area contributed by atoms with E-state index in [9.17, 15) is 8.78 Å². The Morgan fingerprint density at radius 3 is 2.53 bits per heavy atom. The first-order valence-electron chi connectivity index (χ1n) is 6.33. The van der Waals surface area contributed by atoms with E-state index < -0.39 is 17.2 Å². The number of rotatable bonds is 2. The molecule has 0 aromatic heterocycles. The van der Waals surface area contributed by atoms with Crippen LogP contribution in [0.1, 0.15) is 25.7 Å². The number of nitrogens with two attached hydrogens (primary N) is 1. The molecule has 0 amide bonds. The highest BCUT2D eigenvalue weighted by atomic mass is 19.1. The highest BCUT2D eigenvalue weighted by molar-refractivity contribution is 5.48. The lowest BCUT2D eigenvalue weighted by atomic mass is 9.80. The van der Waals surface area contributed by atoms with Gasteiger partial charge in [0.1, 0.15) is 17.2 Å². The van der Waals surface area contributed by atoms with E-state index in [1.54, 1.807) is 7.05 Å². The molecule has 102 valence electrons. The minimum atomic E-state index is -0.751. The molecule has 0 heterocycles. The Labute approximate surface area is 111 Å². The van der Waals surface area contributed by atoms with Crippen molar-refractivity contribution in [1.29, 1.82) is 5.26 Å². The van der Waals surface area contributed by atoms with Crippen molar-refractivity contribution in [3.8, 4) is 6.07 Å². The van der Waals surface area contributed by atoms with E-state index in [0.717, 1.165) is 18.9 Å². The summed E-state index contributed by atoms with van der Waals surface area (Å²) in [4.78, 5) is 1.81. The van der Waals surface area contributed by atoms with Crippen molar-refractivity contribution in [1.82, 2.24) is 0 Å². The van der Waals surface area contributed by atoms with Crippen LogP contribution >= 0.6 is 0 Å². The van der Waals surface area contributed by atoms with Gasteiger partial charge in [0.15, 0.2) is 0 Å². The number of halogens is 2. The molecule has 0 unspecified atom stereocenters. The Hall–Kier alpha value is -1.67. The van der Waals surface area contributed by atoms with E-state index in [1.807, 2.05) is 4.90 Å².